The van der Waals surface area contributed by atoms with Gasteiger partial charge in [0.2, 0.25) is 0 Å². The average Bonchev–Trinajstić information content (AvgIpc) is 2.13. The molecule has 1 saturated heterocycles. The van der Waals surface area contributed by atoms with E-state index >= 15 is 0 Å². The Hall–Kier alpha value is -1.62. The maximum atomic E-state index is 10.7. The van der Waals surface area contributed by atoms with E-state index < -0.39 is 0 Å². The van der Waals surface area contributed by atoms with Gasteiger partial charge in [0.15, 0.2) is 0 Å². The minimum absolute atomic E-state index is 0.133. The molecule has 0 radical (unpaired) electrons. The highest BCUT2D eigenvalue weighted by Gasteiger charge is 2.27. The summed E-state index contributed by atoms with van der Waals surface area (Å²) in [6.45, 7) is 2.85. The maximum absolute atomic E-state index is 10.7. The van der Waals surface area contributed by atoms with Gasteiger partial charge >= 0.3 is 0 Å². The van der Waals surface area contributed by atoms with Gasteiger partial charge in [-0.1, -0.05) is 6.07 Å². The molecule has 0 aliphatic carbocycles. The smallest absolute Gasteiger partial charge is 0.274 e. The van der Waals surface area contributed by atoms with Gasteiger partial charge in [-0.3, -0.25) is 10.1 Å². The highest BCUT2D eigenvalue weighted by atomic mass is 16.6. The van der Waals surface area contributed by atoms with Crippen LogP contribution >= 0.6 is 0 Å². The molecule has 1 aliphatic heterocycles. The number of nitro groups is 1. The molecule has 5 nitrogen and oxygen atoms in total. The van der Waals surface area contributed by atoms with Crippen LogP contribution in [0.25, 0.3) is 0 Å². The van der Waals surface area contributed by atoms with Gasteiger partial charge in [-0.15, -0.1) is 0 Å². The molecule has 1 aromatic rings. The third kappa shape index (κ3) is 1.66. The molecule has 80 valence electrons. The van der Waals surface area contributed by atoms with E-state index in [1.54, 1.807) is 13.0 Å². The van der Waals surface area contributed by atoms with Crippen LogP contribution in [0.1, 0.15) is 5.56 Å². The van der Waals surface area contributed by atoms with Crippen LogP contribution in [-0.4, -0.2) is 29.2 Å². The van der Waals surface area contributed by atoms with Crippen molar-refractivity contribution >= 4 is 11.4 Å². The number of rotatable bonds is 2. The minimum Gasteiger partial charge on any atom is -0.389 e. The molecule has 0 amide bonds. The zero-order valence-electron chi connectivity index (χ0n) is 8.38. The lowest BCUT2D eigenvalue weighted by molar-refractivity contribution is -0.385. The van der Waals surface area contributed by atoms with Gasteiger partial charge in [-0.05, 0) is 13.0 Å². The summed E-state index contributed by atoms with van der Waals surface area (Å²) in [7, 11) is 0. The van der Waals surface area contributed by atoms with Crippen LogP contribution in [0, 0.1) is 17.0 Å². The average molecular weight is 208 g/mol. The van der Waals surface area contributed by atoms with E-state index in [-0.39, 0.29) is 16.7 Å². The van der Waals surface area contributed by atoms with E-state index in [1.165, 1.54) is 6.07 Å². The Kier molecular flexibility index (Phi) is 2.32. The number of anilines is 1. The maximum Gasteiger partial charge on any atom is 0.274 e. The lowest BCUT2D eigenvalue weighted by Gasteiger charge is -2.38. The van der Waals surface area contributed by atoms with Crippen LogP contribution < -0.4 is 4.90 Å². The van der Waals surface area contributed by atoms with E-state index in [4.69, 9.17) is 0 Å². The van der Waals surface area contributed by atoms with E-state index in [2.05, 4.69) is 0 Å². The fourth-order valence-corrected chi connectivity index (χ4v) is 1.80. The summed E-state index contributed by atoms with van der Waals surface area (Å²) >= 11 is 0. The molecule has 0 bridgehead atoms. The van der Waals surface area contributed by atoms with Crippen molar-refractivity contribution in [2.75, 3.05) is 18.0 Å². The zero-order valence-corrected chi connectivity index (χ0v) is 8.38. The molecule has 0 saturated carbocycles. The highest BCUT2D eigenvalue weighted by molar-refractivity contribution is 5.62. The highest BCUT2D eigenvalue weighted by Crippen LogP contribution is 2.30. The molecular formula is C10H12N2O3. The van der Waals surface area contributed by atoms with Crippen LogP contribution in [0.15, 0.2) is 18.2 Å². The van der Waals surface area contributed by atoms with E-state index in [1.807, 2.05) is 11.0 Å². The van der Waals surface area contributed by atoms with E-state index in [0.29, 0.717) is 18.7 Å². The molecule has 15 heavy (non-hydrogen) atoms. The summed E-state index contributed by atoms with van der Waals surface area (Å²) < 4.78 is 0. The summed E-state index contributed by atoms with van der Waals surface area (Å²) in [5, 5.41) is 19.9. The van der Waals surface area contributed by atoms with Crippen molar-refractivity contribution in [3.63, 3.8) is 0 Å². The van der Waals surface area contributed by atoms with E-state index in [9.17, 15) is 15.2 Å². The van der Waals surface area contributed by atoms with Crippen LogP contribution in [0.4, 0.5) is 11.4 Å². The number of hydrogen-bond acceptors (Lipinski definition) is 4. The molecule has 2 rings (SSSR count). The van der Waals surface area contributed by atoms with Crippen LogP contribution in [0.3, 0.4) is 0 Å². The van der Waals surface area contributed by atoms with Gasteiger partial charge in [-0.25, -0.2) is 0 Å². The van der Waals surface area contributed by atoms with Crippen LogP contribution in [0.5, 0.6) is 0 Å². The third-order valence-corrected chi connectivity index (χ3v) is 2.68. The molecule has 1 N–H and O–H groups in total. The van der Waals surface area contributed by atoms with Gasteiger partial charge in [0.25, 0.3) is 5.69 Å². The van der Waals surface area contributed by atoms with Gasteiger partial charge in [0.05, 0.1) is 16.6 Å². The van der Waals surface area contributed by atoms with E-state index in [0.717, 1.165) is 5.69 Å². The Morgan fingerprint density at radius 3 is 2.73 bits per heavy atom. The van der Waals surface area contributed by atoms with Gasteiger partial charge in [0, 0.05) is 24.8 Å². The molecule has 1 aromatic carbocycles. The molecular weight excluding hydrogens is 196 g/mol. The summed E-state index contributed by atoms with van der Waals surface area (Å²) in [5.41, 5.74) is 1.64. The monoisotopic (exact) mass is 208 g/mol. The molecule has 0 atom stereocenters. The van der Waals surface area contributed by atoms with Crippen molar-refractivity contribution in [1.29, 1.82) is 0 Å². The standard InChI is InChI=1S/C10H12N2O3/c1-7-9(11-5-8(13)6-11)3-2-4-10(7)12(14)15/h2-4,8,13H,5-6H2,1H3. The lowest BCUT2D eigenvalue weighted by Crippen LogP contribution is -2.51. The van der Waals surface area contributed by atoms with Crippen molar-refractivity contribution in [3.8, 4) is 0 Å². The number of benzene rings is 1. The predicted molar refractivity (Wildman–Crippen MR) is 56.1 cm³/mol. The normalized spacial score (nSPS) is 16.3. The van der Waals surface area contributed by atoms with Crippen molar-refractivity contribution < 1.29 is 10.0 Å². The van der Waals surface area contributed by atoms with Crippen molar-refractivity contribution in [2.24, 2.45) is 0 Å². The Bertz CT molecular complexity index is 400. The molecule has 1 fully saturated rings. The van der Waals surface area contributed by atoms with Crippen LogP contribution in [0.2, 0.25) is 0 Å². The molecule has 0 spiro atoms. The van der Waals surface area contributed by atoms with Crippen molar-refractivity contribution in [1.82, 2.24) is 0 Å². The fraction of sp³-hybridized carbons (Fsp3) is 0.400. The Labute approximate surface area is 87.1 Å². The minimum atomic E-state index is -0.380. The molecule has 0 aromatic heterocycles. The lowest BCUT2D eigenvalue weighted by atomic mass is 10.1. The first-order valence-electron chi connectivity index (χ1n) is 4.76. The topological polar surface area (TPSA) is 66.6 Å². The zero-order chi connectivity index (χ0) is 11.0. The SMILES string of the molecule is Cc1c(N2CC(O)C2)cccc1[N+](=O)[O-]. The van der Waals surface area contributed by atoms with Crippen molar-refractivity contribution in [3.05, 3.63) is 33.9 Å². The number of aliphatic hydroxyl groups excluding tert-OH is 1. The summed E-state index contributed by atoms with van der Waals surface area (Å²) in [6, 6.07) is 5.01. The van der Waals surface area contributed by atoms with Crippen molar-refractivity contribution in [2.45, 2.75) is 13.0 Å². The number of nitro benzene ring substituents is 1. The van der Waals surface area contributed by atoms with Gasteiger partial charge < -0.3 is 10.0 Å². The largest absolute Gasteiger partial charge is 0.389 e. The predicted octanol–water partition coefficient (Wildman–Crippen LogP) is 1.08. The second-order valence-corrected chi connectivity index (χ2v) is 3.74. The van der Waals surface area contributed by atoms with Gasteiger partial charge in [0.1, 0.15) is 0 Å². The van der Waals surface area contributed by atoms with Crippen LogP contribution in [-0.2, 0) is 0 Å². The summed E-state index contributed by atoms with van der Waals surface area (Å²) in [6.07, 6.45) is -0.302. The second kappa shape index (κ2) is 3.51. The first-order chi connectivity index (χ1) is 7.09. The Morgan fingerprint density at radius 1 is 1.53 bits per heavy atom. The fourth-order valence-electron chi connectivity index (χ4n) is 1.80. The Morgan fingerprint density at radius 2 is 2.20 bits per heavy atom. The number of nitrogens with zero attached hydrogens (tertiary/aromatic N) is 2. The van der Waals surface area contributed by atoms with Gasteiger partial charge in [-0.2, -0.15) is 0 Å². The first-order valence-corrected chi connectivity index (χ1v) is 4.76. The quantitative estimate of drug-likeness (QED) is 0.583. The number of aliphatic hydroxyl groups is 1. The molecule has 5 heteroatoms. The number of hydrogen-bond donors (Lipinski definition) is 1. The summed E-state index contributed by atoms with van der Waals surface area (Å²) in [4.78, 5) is 12.3. The molecule has 1 heterocycles. The molecule has 1 aliphatic rings. The summed E-state index contributed by atoms with van der Waals surface area (Å²) in [5.74, 6) is 0. The third-order valence-electron chi connectivity index (χ3n) is 2.68. The first kappa shape index (κ1) is 9.92. The number of β-amino-alcohol motifs (C(OH)–C–C–N with tert-alkyl or cyclic N) is 1. The second-order valence-electron chi connectivity index (χ2n) is 3.74. The Balaban J connectivity index is 2.32. The molecule has 0 unspecified atom stereocenters.